The van der Waals surface area contributed by atoms with Crippen LogP contribution >= 0.6 is 0 Å². The molecule has 0 spiro atoms. The maximum Gasteiger partial charge on any atom is 0.149 e. The molecule has 1 aliphatic heterocycles. The van der Waals surface area contributed by atoms with Gasteiger partial charge in [-0.05, 0) is 31.6 Å². The molecule has 106 valence electrons. The summed E-state index contributed by atoms with van der Waals surface area (Å²) in [5, 5.41) is 3.31. The van der Waals surface area contributed by atoms with Gasteiger partial charge in [-0.15, -0.1) is 0 Å². The smallest absolute Gasteiger partial charge is 0.149 e. The molecule has 1 aromatic rings. The first kappa shape index (κ1) is 14.1. The molecular weight excluding hydrogens is 236 g/mol. The van der Waals surface area contributed by atoms with Gasteiger partial charge in [-0.2, -0.15) is 0 Å². The lowest BCUT2D eigenvalue weighted by molar-refractivity contribution is 0.459. The molecule has 1 unspecified atom stereocenters. The quantitative estimate of drug-likeness (QED) is 0.884. The Morgan fingerprint density at radius 1 is 1.26 bits per heavy atom. The third-order valence-corrected chi connectivity index (χ3v) is 3.93. The second-order valence-electron chi connectivity index (χ2n) is 5.38. The molecule has 1 saturated heterocycles. The van der Waals surface area contributed by atoms with E-state index in [-0.39, 0.29) is 0 Å². The molecule has 19 heavy (non-hydrogen) atoms. The third-order valence-electron chi connectivity index (χ3n) is 3.93. The molecule has 4 nitrogen and oxygen atoms in total. The summed E-state index contributed by atoms with van der Waals surface area (Å²) in [5.41, 5.74) is 0. The molecule has 0 radical (unpaired) electrons. The van der Waals surface area contributed by atoms with Crippen LogP contribution in [0.1, 0.15) is 46.0 Å². The van der Waals surface area contributed by atoms with E-state index in [0.717, 1.165) is 43.6 Å². The van der Waals surface area contributed by atoms with Crippen LogP contribution in [0.25, 0.3) is 0 Å². The van der Waals surface area contributed by atoms with E-state index in [0.29, 0.717) is 0 Å². The number of rotatable bonds is 5. The zero-order valence-corrected chi connectivity index (χ0v) is 12.2. The number of hydrogen-bond donors (Lipinski definition) is 1. The Bertz CT molecular complexity index is 380. The minimum absolute atomic E-state index is 0.888. The largest absolute Gasteiger partial charge is 0.369 e. The molecular formula is C15H26N4. The molecule has 1 aromatic heterocycles. The predicted octanol–water partition coefficient (Wildman–Crippen LogP) is 3.32. The van der Waals surface area contributed by atoms with Crippen LogP contribution in [0, 0.1) is 5.92 Å². The monoisotopic (exact) mass is 262 g/mol. The Morgan fingerprint density at radius 2 is 2.16 bits per heavy atom. The van der Waals surface area contributed by atoms with E-state index in [1.54, 1.807) is 0 Å². The maximum absolute atomic E-state index is 4.68. The number of nitrogens with zero attached hydrogens (tertiary/aromatic N) is 3. The number of aromatic nitrogens is 2. The van der Waals surface area contributed by atoms with Crippen LogP contribution in [0.5, 0.6) is 0 Å². The molecule has 0 saturated carbocycles. The third kappa shape index (κ3) is 4.08. The minimum Gasteiger partial charge on any atom is -0.369 e. The van der Waals surface area contributed by atoms with Gasteiger partial charge < -0.3 is 10.2 Å². The van der Waals surface area contributed by atoms with Crippen LogP contribution in [0.15, 0.2) is 12.4 Å². The van der Waals surface area contributed by atoms with Crippen molar-refractivity contribution in [3.05, 3.63) is 12.4 Å². The predicted molar refractivity (Wildman–Crippen MR) is 80.7 cm³/mol. The minimum atomic E-state index is 0.888. The number of anilines is 2. The van der Waals surface area contributed by atoms with E-state index in [9.17, 15) is 0 Å². The van der Waals surface area contributed by atoms with Crippen molar-refractivity contribution < 1.29 is 0 Å². The fourth-order valence-electron chi connectivity index (χ4n) is 2.65. The highest BCUT2D eigenvalue weighted by molar-refractivity contribution is 5.43. The summed E-state index contributed by atoms with van der Waals surface area (Å²) in [6, 6.07) is 0. The molecule has 0 bridgehead atoms. The average Bonchev–Trinajstić information content (AvgIpc) is 2.71. The van der Waals surface area contributed by atoms with E-state index in [4.69, 9.17) is 0 Å². The van der Waals surface area contributed by atoms with Gasteiger partial charge in [-0.1, -0.05) is 20.3 Å². The van der Waals surface area contributed by atoms with Crippen molar-refractivity contribution >= 4 is 11.6 Å². The number of hydrogen-bond acceptors (Lipinski definition) is 4. The standard InChI is InChI=1S/C15H26N4/c1-3-8-17-14-11-16-12-15(18-14)19-9-5-6-13(4-2)7-10-19/h11-13H,3-10H2,1-2H3,(H,17,18). The fraction of sp³-hybridized carbons (Fsp3) is 0.733. The van der Waals surface area contributed by atoms with Gasteiger partial charge in [0.1, 0.15) is 11.6 Å². The van der Waals surface area contributed by atoms with E-state index >= 15 is 0 Å². The lowest BCUT2D eigenvalue weighted by Crippen LogP contribution is -2.25. The molecule has 0 aromatic carbocycles. The highest BCUT2D eigenvalue weighted by atomic mass is 15.2. The van der Waals surface area contributed by atoms with Crippen molar-refractivity contribution in [2.45, 2.75) is 46.0 Å². The van der Waals surface area contributed by atoms with Crippen molar-refractivity contribution in [3.63, 3.8) is 0 Å². The Balaban J connectivity index is 2.00. The van der Waals surface area contributed by atoms with Gasteiger partial charge in [0.05, 0.1) is 12.4 Å². The fourth-order valence-corrected chi connectivity index (χ4v) is 2.65. The Hall–Kier alpha value is -1.32. The molecule has 0 aliphatic carbocycles. The van der Waals surface area contributed by atoms with Crippen molar-refractivity contribution in [1.82, 2.24) is 9.97 Å². The van der Waals surface area contributed by atoms with E-state index in [2.05, 4.69) is 34.0 Å². The maximum atomic E-state index is 4.68. The van der Waals surface area contributed by atoms with Crippen molar-refractivity contribution in [2.75, 3.05) is 29.9 Å². The van der Waals surface area contributed by atoms with Crippen LogP contribution in [-0.2, 0) is 0 Å². The lowest BCUT2D eigenvalue weighted by atomic mass is 9.98. The summed E-state index contributed by atoms with van der Waals surface area (Å²) in [6.07, 6.45) is 10.0. The highest BCUT2D eigenvalue weighted by Crippen LogP contribution is 2.23. The summed E-state index contributed by atoms with van der Waals surface area (Å²) in [6.45, 7) is 7.64. The molecule has 1 aliphatic rings. The second kappa shape index (κ2) is 7.31. The summed E-state index contributed by atoms with van der Waals surface area (Å²) in [5.74, 6) is 2.81. The van der Waals surface area contributed by atoms with Crippen LogP contribution < -0.4 is 10.2 Å². The zero-order chi connectivity index (χ0) is 13.5. The van der Waals surface area contributed by atoms with E-state index in [1.165, 1.54) is 25.7 Å². The molecule has 1 atom stereocenters. The molecule has 4 heteroatoms. The lowest BCUT2D eigenvalue weighted by Gasteiger charge is -2.21. The van der Waals surface area contributed by atoms with Gasteiger partial charge in [0.15, 0.2) is 0 Å². The van der Waals surface area contributed by atoms with Crippen molar-refractivity contribution in [2.24, 2.45) is 5.92 Å². The van der Waals surface area contributed by atoms with Gasteiger partial charge in [-0.25, -0.2) is 4.98 Å². The normalized spacial score (nSPS) is 20.1. The highest BCUT2D eigenvalue weighted by Gasteiger charge is 2.17. The Labute approximate surface area is 116 Å². The first-order valence-corrected chi connectivity index (χ1v) is 7.64. The SMILES string of the molecule is CCCNc1cncc(N2CCCC(CC)CC2)n1. The average molecular weight is 262 g/mol. The zero-order valence-electron chi connectivity index (χ0n) is 12.2. The van der Waals surface area contributed by atoms with E-state index < -0.39 is 0 Å². The van der Waals surface area contributed by atoms with Gasteiger partial charge >= 0.3 is 0 Å². The molecule has 2 heterocycles. The first-order valence-electron chi connectivity index (χ1n) is 7.64. The van der Waals surface area contributed by atoms with Gasteiger partial charge in [0.2, 0.25) is 0 Å². The Kier molecular flexibility index (Phi) is 5.43. The molecule has 1 N–H and O–H groups in total. The van der Waals surface area contributed by atoms with Crippen molar-refractivity contribution in [1.29, 1.82) is 0 Å². The van der Waals surface area contributed by atoms with Crippen molar-refractivity contribution in [3.8, 4) is 0 Å². The first-order chi connectivity index (χ1) is 9.33. The summed E-state index contributed by atoms with van der Waals surface area (Å²) in [7, 11) is 0. The van der Waals surface area contributed by atoms with Crippen LogP contribution in [0.3, 0.4) is 0 Å². The van der Waals surface area contributed by atoms with Gasteiger partial charge in [-0.3, -0.25) is 4.98 Å². The molecule has 1 fully saturated rings. The summed E-state index contributed by atoms with van der Waals surface area (Å²) >= 11 is 0. The topological polar surface area (TPSA) is 41.1 Å². The summed E-state index contributed by atoms with van der Waals surface area (Å²) < 4.78 is 0. The van der Waals surface area contributed by atoms with Crippen LogP contribution in [0.4, 0.5) is 11.6 Å². The molecule has 2 rings (SSSR count). The van der Waals surface area contributed by atoms with Gasteiger partial charge in [0.25, 0.3) is 0 Å². The number of nitrogens with one attached hydrogen (secondary N) is 1. The van der Waals surface area contributed by atoms with Crippen LogP contribution in [-0.4, -0.2) is 29.6 Å². The van der Waals surface area contributed by atoms with E-state index in [1.807, 2.05) is 12.4 Å². The second-order valence-corrected chi connectivity index (χ2v) is 5.38. The summed E-state index contributed by atoms with van der Waals surface area (Å²) in [4.78, 5) is 11.4. The molecule has 0 amide bonds. The van der Waals surface area contributed by atoms with Gasteiger partial charge in [0, 0.05) is 19.6 Å². The Morgan fingerprint density at radius 3 is 2.95 bits per heavy atom. The van der Waals surface area contributed by atoms with Crippen LogP contribution in [0.2, 0.25) is 0 Å².